The lowest BCUT2D eigenvalue weighted by Gasteiger charge is -2.12. The van der Waals surface area contributed by atoms with Crippen molar-refractivity contribution in [2.75, 3.05) is 16.4 Å². The second-order valence-electron chi connectivity index (χ2n) is 6.44. The van der Waals surface area contributed by atoms with Crippen molar-refractivity contribution in [3.8, 4) is 11.1 Å². The molecule has 0 atom stereocenters. The summed E-state index contributed by atoms with van der Waals surface area (Å²) in [6.45, 7) is 0. The number of nitrogen functional groups attached to an aromatic ring is 1. The van der Waals surface area contributed by atoms with E-state index in [0.717, 1.165) is 21.3 Å². The predicted octanol–water partition coefficient (Wildman–Crippen LogP) is 6.32. The number of carbonyl (C=O) groups is 1. The SMILES string of the molecule is Br.Nc1ncnc2scc(-c3ccc(NC(=O)Nc4cc(C(F)(F)F)ccc4F)cc3)c12. The van der Waals surface area contributed by atoms with Crippen LogP contribution in [0.2, 0.25) is 0 Å². The molecule has 6 nitrogen and oxygen atoms in total. The molecule has 0 fully saturated rings. The number of nitrogens with zero attached hydrogens (tertiary/aromatic N) is 2. The number of carbonyl (C=O) groups excluding carboxylic acids is 1. The van der Waals surface area contributed by atoms with Gasteiger partial charge in [0.15, 0.2) is 0 Å². The van der Waals surface area contributed by atoms with E-state index in [4.69, 9.17) is 5.73 Å². The summed E-state index contributed by atoms with van der Waals surface area (Å²) < 4.78 is 52.2. The molecule has 0 bridgehead atoms. The summed E-state index contributed by atoms with van der Waals surface area (Å²) in [6.07, 6.45) is -3.27. The van der Waals surface area contributed by atoms with Crippen molar-refractivity contribution in [3.05, 3.63) is 65.6 Å². The van der Waals surface area contributed by atoms with Crippen LogP contribution in [0, 0.1) is 5.82 Å². The first kappa shape index (κ1) is 23.4. The molecule has 0 aliphatic heterocycles. The van der Waals surface area contributed by atoms with E-state index in [1.54, 1.807) is 24.3 Å². The molecule has 166 valence electrons. The topological polar surface area (TPSA) is 92.9 Å². The smallest absolute Gasteiger partial charge is 0.383 e. The average molecular weight is 528 g/mol. The lowest BCUT2D eigenvalue weighted by atomic mass is 10.1. The number of hydrogen-bond acceptors (Lipinski definition) is 5. The lowest BCUT2D eigenvalue weighted by Crippen LogP contribution is -2.20. The molecule has 0 radical (unpaired) electrons. The van der Waals surface area contributed by atoms with Crippen LogP contribution >= 0.6 is 28.3 Å². The number of benzene rings is 2. The fraction of sp³-hybridized carbons (Fsp3) is 0.0500. The number of hydrogen-bond donors (Lipinski definition) is 3. The van der Waals surface area contributed by atoms with Gasteiger partial charge in [0.05, 0.1) is 16.6 Å². The highest BCUT2D eigenvalue weighted by molar-refractivity contribution is 8.93. The summed E-state index contributed by atoms with van der Waals surface area (Å²) in [7, 11) is 0. The molecule has 2 aromatic heterocycles. The number of nitrogens with one attached hydrogen (secondary N) is 2. The van der Waals surface area contributed by atoms with E-state index >= 15 is 0 Å². The van der Waals surface area contributed by atoms with Gasteiger partial charge < -0.3 is 16.4 Å². The lowest BCUT2D eigenvalue weighted by molar-refractivity contribution is -0.137. The van der Waals surface area contributed by atoms with E-state index in [9.17, 15) is 22.4 Å². The van der Waals surface area contributed by atoms with E-state index in [1.165, 1.54) is 17.7 Å². The van der Waals surface area contributed by atoms with Crippen LogP contribution in [0.3, 0.4) is 0 Å². The summed E-state index contributed by atoms with van der Waals surface area (Å²) >= 11 is 1.42. The first-order chi connectivity index (χ1) is 14.7. The molecule has 2 heterocycles. The Morgan fingerprint density at radius 3 is 2.44 bits per heavy atom. The van der Waals surface area contributed by atoms with Crippen molar-refractivity contribution in [2.24, 2.45) is 0 Å². The second-order valence-corrected chi connectivity index (χ2v) is 7.30. The maximum Gasteiger partial charge on any atom is 0.416 e. The van der Waals surface area contributed by atoms with Crippen LogP contribution in [0.1, 0.15) is 5.56 Å². The molecule has 12 heteroatoms. The fourth-order valence-electron chi connectivity index (χ4n) is 2.93. The number of nitrogens with two attached hydrogens (primary N) is 1. The molecule has 2 aromatic carbocycles. The zero-order valence-electron chi connectivity index (χ0n) is 15.9. The molecule has 4 N–H and O–H groups in total. The number of fused-ring (bicyclic) bond motifs is 1. The summed E-state index contributed by atoms with van der Waals surface area (Å²) in [5.74, 6) is -0.631. The number of amides is 2. The molecule has 4 aromatic rings. The van der Waals surface area contributed by atoms with Crippen molar-refractivity contribution < 1.29 is 22.4 Å². The van der Waals surface area contributed by atoms with Crippen LogP contribution in [0.4, 0.5) is 39.5 Å². The fourth-order valence-corrected chi connectivity index (χ4v) is 3.85. The Morgan fingerprint density at radius 1 is 1.03 bits per heavy atom. The van der Waals surface area contributed by atoms with Crippen LogP contribution in [-0.4, -0.2) is 16.0 Å². The summed E-state index contributed by atoms with van der Waals surface area (Å²) in [6, 6.07) is 7.55. The van der Waals surface area contributed by atoms with E-state index in [1.807, 2.05) is 5.38 Å². The van der Waals surface area contributed by atoms with E-state index < -0.39 is 29.3 Å². The summed E-state index contributed by atoms with van der Waals surface area (Å²) in [4.78, 5) is 21.0. The van der Waals surface area contributed by atoms with Crippen LogP contribution < -0.4 is 16.4 Å². The van der Waals surface area contributed by atoms with Gasteiger partial charge in [0, 0.05) is 16.6 Å². The van der Waals surface area contributed by atoms with E-state index in [-0.39, 0.29) is 17.0 Å². The normalized spacial score (nSPS) is 11.1. The third-order valence-electron chi connectivity index (χ3n) is 4.40. The monoisotopic (exact) mass is 527 g/mol. The van der Waals surface area contributed by atoms with Crippen molar-refractivity contribution in [3.63, 3.8) is 0 Å². The van der Waals surface area contributed by atoms with Crippen molar-refractivity contribution >= 4 is 61.8 Å². The van der Waals surface area contributed by atoms with Gasteiger partial charge in [0.2, 0.25) is 0 Å². The molecule has 4 rings (SSSR count). The van der Waals surface area contributed by atoms with Gasteiger partial charge in [0.25, 0.3) is 0 Å². The van der Waals surface area contributed by atoms with Gasteiger partial charge >= 0.3 is 12.2 Å². The number of urea groups is 1. The molecular weight excluding hydrogens is 514 g/mol. The molecule has 0 aliphatic carbocycles. The Morgan fingerprint density at radius 2 is 1.75 bits per heavy atom. The quantitative estimate of drug-likeness (QED) is 0.272. The molecule has 0 aliphatic rings. The molecular formula is C20H14BrF4N5OS. The maximum atomic E-state index is 13.8. The maximum absolute atomic E-state index is 13.8. The highest BCUT2D eigenvalue weighted by Gasteiger charge is 2.31. The van der Waals surface area contributed by atoms with Crippen LogP contribution in [0.5, 0.6) is 0 Å². The zero-order valence-corrected chi connectivity index (χ0v) is 18.4. The molecule has 0 spiro atoms. The molecule has 0 saturated carbocycles. The molecule has 0 unspecified atom stereocenters. The van der Waals surface area contributed by atoms with Crippen LogP contribution in [0.25, 0.3) is 21.3 Å². The average Bonchev–Trinajstić information content (AvgIpc) is 3.15. The zero-order chi connectivity index (χ0) is 22.2. The van der Waals surface area contributed by atoms with Crippen molar-refractivity contribution in [2.45, 2.75) is 6.18 Å². The second kappa shape index (κ2) is 9.09. The number of alkyl halides is 3. The molecule has 0 saturated heterocycles. The molecule has 2 amide bonds. The van der Waals surface area contributed by atoms with Crippen molar-refractivity contribution in [1.29, 1.82) is 0 Å². The Balaban J connectivity index is 0.00000289. The predicted molar refractivity (Wildman–Crippen MR) is 122 cm³/mol. The minimum atomic E-state index is -4.66. The third-order valence-corrected chi connectivity index (χ3v) is 5.28. The largest absolute Gasteiger partial charge is 0.416 e. The summed E-state index contributed by atoms with van der Waals surface area (Å²) in [5, 5.41) is 7.16. The van der Waals surface area contributed by atoms with Gasteiger partial charge in [-0.2, -0.15) is 13.2 Å². The third kappa shape index (κ3) is 4.81. The Labute approximate surface area is 193 Å². The highest BCUT2D eigenvalue weighted by atomic mass is 79.9. The number of anilines is 3. The Bertz CT molecular complexity index is 1280. The van der Waals surface area contributed by atoms with Gasteiger partial charge in [-0.15, -0.1) is 28.3 Å². The Kier molecular flexibility index (Phi) is 6.65. The molecule has 32 heavy (non-hydrogen) atoms. The first-order valence-electron chi connectivity index (χ1n) is 8.75. The van der Waals surface area contributed by atoms with Gasteiger partial charge in [-0.3, -0.25) is 0 Å². The number of rotatable bonds is 3. The first-order valence-corrected chi connectivity index (χ1v) is 9.63. The minimum Gasteiger partial charge on any atom is -0.383 e. The van der Waals surface area contributed by atoms with Gasteiger partial charge in [0.1, 0.15) is 22.8 Å². The number of halogens is 5. The van der Waals surface area contributed by atoms with Crippen molar-refractivity contribution in [1.82, 2.24) is 9.97 Å². The van der Waals surface area contributed by atoms with E-state index in [2.05, 4.69) is 20.6 Å². The van der Waals surface area contributed by atoms with E-state index in [0.29, 0.717) is 29.7 Å². The Hall–Kier alpha value is -3.25. The highest BCUT2D eigenvalue weighted by Crippen LogP contribution is 2.36. The van der Waals surface area contributed by atoms with Gasteiger partial charge in [-0.1, -0.05) is 12.1 Å². The minimum absolute atomic E-state index is 0. The number of aromatic nitrogens is 2. The summed E-state index contributed by atoms with van der Waals surface area (Å²) in [5.41, 5.74) is 6.30. The van der Waals surface area contributed by atoms with Crippen LogP contribution in [0.15, 0.2) is 54.2 Å². The van der Waals surface area contributed by atoms with Crippen LogP contribution in [-0.2, 0) is 6.18 Å². The standard InChI is InChI=1S/C20H13F4N5OS.BrH/c21-14-6-3-11(20(22,23)24)7-15(14)29-19(30)28-12-4-1-10(2-5-12)13-8-31-18-16(13)17(25)26-9-27-18;/h1-9H,(H2,25,26,27)(H2,28,29,30);1H. The van der Waals surface area contributed by atoms with Gasteiger partial charge in [-0.25, -0.2) is 19.2 Å². The number of thiophene rings is 1. The van der Waals surface area contributed by atoms with Gasteiger partial charge in [-0.05, 0) is 35.9 Å².